The molecule has 1 N–H and O–H groups in total. The van der Waals surface area contributed by atoms with E-state index in [0.29, 0.717) is 16.3 Å². The number of carboxylic acids is 1. The van der Waals surface area contributed by atoms with Crippen LogP contribution in [0.4, 0.5) is 4.39 Å². The molecule has 2 aromatic rings. The molecule has 5 heteroatoms. The Balaban J connectivity index is 2.13. The molecular formula is C16H14ClFO3. The highest BCUT2D eigenvalue weighted by Crippen LogP contribution is 2.23. The molecule has 0 amide bonds. The quantitative estimate of drug-likeness (QED) is 0.895. The molecule has 0 heterocycles. The van der Waals surface area contributed by atoms with Gasteiger partial charge in [0.25, 0.3) is 0 Å². The van der Waals surface area contributed by atoms with Crippen molar-refractivity contribution < 1.29 is 19.0 Å². The molecule has 0 saturated carbocycles. The second-order valence-electron chi connectivity index (χ2n) is 4.51. The van der Waals surface area contributed by atoms with Crippen LogP contribution in [0.2, 0.25) is 5.02 Å². The summed E-state index contributed by atoms with van der Waals surface area (Å²) in [5, 5.41) is 9.56. The van der Waals surface area contributed by atoms with Crippen LogP contribution in [-0.4, -0.2) is 11.1 Å². The number of aryl methyl sites for hydroxylation is 1. The van der Waals surface area contributed by atoms with E-state index in [1.165, 1.54) is 12.1 Å². The van der Waals surface area contributed by atoms with Gasteiger partial charge in [0.2, 0.25) is 0 Å². The summed E-state index contributed by atoms with van der Waals surface area (Å²) in [7, 11) is 0. The molecule has 0 saturated heterocycles. The summed E-state index contributed by atoms with van der Waals surface area (Å²) in [5.41, 5.74) is 1.20. The van der Waals surface area contributed by atoms with Crippen LogP contribution in [0.3, 0.4) is 0 Å². The Labute approximate surface area is 126 Å². The van der Waals surface area contributed by atoms with Gasteiger partial charge < -0.3 is 9.84 Å². The highest BCUT2D eigenvalue weighted by atomic mass is 35.5. The number of hydrogen-bond donors (Lipinski definition) is 1. The van der Waals surface area contributed by atoms with Crippen molar-refractivity contribution in [2.24, 2.45) is 0 Å². The average Bonchev–Trinajstić information content (AvgIpc) is 2.47. The molecule has 3 nitrogen and oxygen atoms in total. The van der Waals surface area contributed by atoms with Crippen LogP contribution in [-0.2, 0) is 13.0 Å². The molecule has 110 valence electrons. The molecule has 21 heavy (non-hydrogen) atoms. The number of hydrogen-bond acceptors (Lipinski definition) is 2. The van der Waals surface area contributed by atoms with Crippen LogP contribution >= 0.6 is 11.6 Å². The Hall–Kier alpha value is -2.07. The van der Waals surface area contributed by atoms with Crippen LogP contribution in [0, 0.1) is 5.82 Å². The Morgan fingerprint density at radius 3 is 2.71 bits per heavy atom. The Morgan fingerprint density at radius 1 is 1.29 bits per heavy atom. The van der Waals surface area contributed by atoms with Crippen molar-refractivity contribution in [3.8, 4) is 5.75 Å². The summed E-state index contributed by atoms with van der Waals surface area (Å²) in [6, 6.07) is 9.23. The van der Waals surface area contributed by atoms with E-state index in [1.54, 1.807) is 12.1 Å². The van der Waals surface area contributed by atoms with Gasteiger partial charge in [0.15, 0.2) is 0 Å². The molecule has 0 unspecified atom stereocenters. The molecule has 0 aliphatic rings. The number of ether oxygens (including phenoxy) is 1. The Kier molecular flexibility index (Phi) is 4.81. The highest BCUT2D eigenvalue weighted by molar-refractivity contribution is 6.31. The monoisotopic (exact) mass is 308 g/mol. The molecule has 0 spiro atoms. The minimum absolute atomic E-state index is 0.158. The number of carboxylic acid groups (broad SMARTS) is 1. The van der Waals surface area contributed by atoms with Crippen LogP contribution in [0.15, 0.2) is 36.4 Å². The molecule has 0 atom stereocenters. The third kappa shape index (κ3) is 3.73. The van der Waals surface area contributed by atoms with E-state index < -0.39 is 11.8 Å². The normalized spacial score (nSPS) is 10.4. The Morgan fingerprint density at radius 2 is 2.05 bits per heavy atom. The van der Waals surface area contributed by atoms with Crippen molar-refractivity contribution in [1.29, 1.82) is 0 Å². The first-order valence-electron chi connectivity index (χ1n) is 6.44. The summed E-state index contributed by atoms with van der Waals surface area (Å²) in [4.78, 5) is 10.9. The van der Waals surface area contributed by atoms with Gasteiger partial charge in [-0.15, -0.1) is 0 Å². The third-order valence-corrected chi connectivity index (χ3v) is 3.43. The fourth-order valence-electron chi connectivity index (χ4n) is 1.90. The van der Waals surface area contributed by atoms with Gasteiger partial charge in [-0.25, -0.2) is 9.18 Å². The molecule has 0 radical (unpaired) electrons. The summed E-state index contributed by atoms with van der Waals surface area (Å²) >= 11 is 6.02. The van der Waals surface area contributed by atoms with E-state index in [2.05, 4.69) is 0 Å². The van der Waals surface area contributed by atoms with Gasteiger partial charge in [0.1, 0.15) is 18.2 Å². The van der Waals surface area contributed by atoms with Crippen LogP contribution in [0.25, 0.3) is 0 Å². The number of aromatic carboxylic acids is 1. The van der Waals surface area contributed by atoms with Gasteiger partial charge in [-0.3, -0.25) is 0 Å². The highest BCUT2D eigenvalue weighted by Gasteiger charge is 2.11. The smallest absolute Gasteiger partial charge is 0.338 e. The number of rotatable bonds is 5. The minimum Gasteiger partial charge on any atom is -0.489 e. The minimum atomic E-state index is -1.30. The van der Waals surface area contributed by atoms with Gasteiger partial charge in [-0.1, -0.05) is 24.6 Å². The van der Waals surface area contributed by atoms with E-state index in [0.717, 1.165) is 18.1 Å². The number of halogens is 2. The van der Waals surface area contributed by atoms with Crippen LogP contribution < -0.4 is 4.74 Å². The first kappa shape index (κ1) is 15.3. The van der Waals surface area contributed by atoms with E-state index in [-0.39, 0.29) is 12.2 Å². The molecule has 0 aliphatic carbocycles. The van der Waals surface area contributed by atoms with Gasteiger partial charge in [0, 0.05) is 5.02 Å². The molecule has 2 rings (SSSR count). The van der Waals surface area contributed by atoms with Gasteiger partial charge in [-0.05, 0) is 47.9 Å². The first-order chi connectivity index (χ1) is 10.0. The second-order valence-corrected chi connectivity index (χ2v) is 4.92. The lowest BCUT2D eigenvalue weighted by Gasteiger charge is -2.09. The van der Waals surface area contributed by atoms with Crippen molar-refractivity contribution in [2.45, 2.75) is 20.0 Å². The summed E-state index contributed by atoms with van der Waals surface area (Å²) in [5.74, 6) is -1.42. The summed E-state index contributed by atoms with van der Waals surface area (Å²) in [6.07, 6.45) is 0.787. The predicted octanol–water partition coefficient (Wildman–Crippen LogP) is 4.32. The molecular weight excluding hydrogens is 295 g/mol. The van der Waals surface area contributed by atoms with Crippen molar-refractivity contribution in [3.05, 3.63) is 63.9 Å². The van der Waals surface area contributed by atoms with Gasteiger partial charge in [-0.2, -0.15) is 0 Å². The Bertz CT molecular complexity index is 671. The molecule has 0 fully saturated rings. The zero-order valence-corrected chi connectivity index (χ0v) is 12.2. The van der Waals surface area contributed by atoms with Crippen molar-refractivity contribution in [2.75, 3.05) is 0 Å². The maximum Gasteiger partial charge on any atom is 0.338 e. The zero-order chi connectivity index (χ0) is 15.4. The van der Waals surface area contributed by atoms with Crippen molar-refractivity contribution in [3.63, 3.8) is 0 Å². The lowest BCUT2D eigenvalue weighted by atomic mass is 10.1. The third-order valence-electron chi connectivity index (χ3n) is 3.06. The maximum absolute atomic E-state index is 13.3. The summed E-state index contributed by atoms with van der Waals surface area (Å²) < 4.78 is 18.9. The zero-order valence-electron chi connectivity index (χ0n) is 11.4. The van der Waals surface area contributed by atoms with Crippen LogP contribution in [0.1, 0.15) is 28.4 Å². The van der Waals surface area contributed by atoms with Gasteiger partial charge in [0.05, 0.1) is 5.56 Å². The van der Waals surface area contributed by atoms with Crippen molar-refractivity contribution >= 4 is 17.6 Å². The fraction of sp³-hybridized carbons (Fsp3) is 0.188. The average molecular weight is 309 g/mol. The van der Waals surface area contributed by atoms with E-state index in [4.69, 9.17) is 21.4 Å². The first-order valence-corrected chi connectivity index (χ1v) is 6.82. The second kappa shape index (κ2) is 6.59. The van der Waals surface area contributed by atoms with E-state index in [1.807, 2.05) is 13.0 Å². The van der Waals surface area contributed by atoms with Crippen molar-refractivity contribution in [1.82, 2.24) is 0 Å². The summed E-state index contributed by atoms with van der Waals surface area (Å²) in [6.45, 7) is 2.15. The maximum atomic E-state index is 13.3. The molecule has 0 aromatic heterocycles. The lowest BCUT2D eigenvalue weighted by molar-refractivity contribution is 0.0691. The predicted molar refractivity (Wildman–Crippen MR) is 78.5 cm³/mol. The topological polar surface area (TPSA) is 46.5 Å². The van der Waals surface area contributed by atoms with Crippen LogP contribution in [0.5, 0.6) is 5.75 Å². The van der Waals surface area contributed by atoms with E-state index in [9.17, 15) is 9.18 Å². The lowest BCUT2D eigenvalue weighted by Crippen LogP contribution is -2.03. The van der Waals surface area contributed by atoms with Gasteiger partial charge >= 0.3 is 5.97 Å². The number of carbonyl (C=O) groups is 1. The molecule has 0 bridgehead atoms. The standard InChI is InChI=1S/C16H14ClFO3/c1-2-11-8-12(4-5-14(11)17)21-9-10-3-6-15(18)13(7-10)16(19)20/h3-8H,2,9H2,1H3,(H,19,20). The number of benzene rings is 2. The molecule has 2 aromatic carbocycles. The largest absolute Gasteiger partial charge is 0.489 e. The molecule has 0 aliphatic heterocycles. The van der Waals surface area contributed by atoms with E-state index >= 15 is 0 Å². The fourth-order valence-corrected chi connectivity index (χ4v) is 2.16. The SMILES string of the molecule is CCc1cc(OCc2ccc(F)c(C(=O)O)c2)ccc1Cl.